The van der Waals surface area contributed by atoms with Crippen molar-refractivity contribution in [1.82, 2.24) is 10.0 Å². The second-order valence-electron chi connectivity index (χ2n) is 8.57. The van der Waals surface area contributed by atoms with E-state index in [4.69, 9.17) is 0 Å². The summed E-state index contributed by atoms with van der Waals surface area (Å²) in [6.07, 6.45) is -0.352. The van der Waals surface area contributed by atoms with Crippen LogP contribution in [0.5, 0.6) is 0 Å². The minimum atomic E-state index is -4.60. The molecule has 0 bridgehead atoms. The highest BCUT2D eigenvalue weighted by Crippen LogP contribution is 2.26. The van der Waals surface area contributed by atoms with E-state index in [1.54, 1.807) is 16.9 Å². The minimum Gasteiger partial charge on any atom is -0.325 e. The molecule has 3 amide bonds. The lowest BCUT2D eigenvalue weighted by Gasteiger charge is -2.26. The van der Waals surface area contributed by atoms with Crippen LogP contribution in [0.25, 0.3) is 10.1 Å². The Bertz CT molecular complexity index is 1620. The van der Waals surface area contributed by atoms with Crippen LogP contribution in [0.3, 0.4) is 0 Å². The molecule has 8 nitrogen and oxygen atoms in total. The molecule has 3 aromatic carbocycles. The largest absolute Gasteiger partial charge is 0.330 e. The van der Waals surface area contributed by atoms with Gasteiger partial charge in [0.15, 0.2) is 0 Å². The summed E-state index contributed by atoms with van der Waals surface area (Å²) in [7, 11) is -2.10. The van der Waals surface area contributed by atoms with Gasteiger partial charge in [0.1, 0.15) is 23.5 Å². The zero-order valence-electron chi connectivity index (χ0n) is 20.7. The number of anilines is 2. The van der Waals surface area contributed by atoms with Crippen LogP contribution in [0.1, 0.15) is 5.56 Å². The van der Waals surface area contributed by atoms with Crippen molar-refractivity contribution in [2.24, 2.45) is 0 Å². The zero-order chi connectivity index (χ0) is 28.3. The molecule has 0 aliphatic carbocycles. The number of benzene rings is 3. The topological polar surface area (TPSA) is 98.8 Å². The van der Waals surface area contributed by atoms with Crippen LogP contribution >= 0.6 is 11.3 Å². The van der Waals surface area contributed by atoms with Crippen molar-refractivity contribution in [2.45, 2.75) is 12.5 Å². The molecule has 0 saturated carbocycles. The molecule has 2 N–H and O–H groups in total. The Hall–Kier alpha value is -4.10. The van der Waals surface area contributed by atoms with Gasteiger partial charge >= 0.3 is 16.2 Å². The van der Waals surface area contributed by atoms with Crippen molar-refractivity contribution in [3.05, 3.63) is 95.1 Å². The number of halogens is 3. The molecule has 0 aliphatic heterocycles. The maximum Gasteiger partial charge on any atom is 0.330 e. The van der Waals surface area contributed by atoms with E-state index in [1.807, 2.05) is 17.5 Å². The molecule has 0 fully saturated rings. The van der Waals surface area contributed by atoms with E-state index in [0.717, 1.165) is 35.3 Å². The van der Waals surface area contributed by atoms with Crippen molar-refractivity contribution < 1.29 is 31.2 Å². The summed E-state index contributed by atoms with van der Waals surface area (Å²) in [5.74, 6) is -3.28. The number of thiophene rings is 1. The highest BCUT2D eigenvalue weighted by Gasteiger charge is 2.29. The van der Waals surface area contributed by atoms with Gasteiger partial charge in [-0.1, -0.05) is 12.1 Å². The molecule has 4 aromatic rings. The second kappa shape index (κ2) is 11.3. The molecule has 0 aliphatic rings. The summed E-state index contributed by atoms with van der Waals surface area (Å²) >= 11 is 1.52. The first kappa shape index (κ1) is 27.9. The van der Waals surface area contributed by atoms with Crippen molar-refractivity contribution in [3.8, 4) is 0 Å². The minimum absolute atomic E-state index is 0.0548. The highest BCUT2D eigenvalue weighted by molar-refractivity contribution is 7.91. The van der Waals surface area contributed by atoms with Crippen LogP contribution in [0.2, 0.25) is 0 Å². The Balaban J connectivity index is 1.58. The lowest BCUT2D eigenvalue weighted by atomic mass is 10.0. The molecule has 1 aromatic heterocycles. The summed E-state index contributed by atoms with van der Waals surface area (Å²) in [6.45, 7) is 0. The number of rotatable bonds is 8. The summed E-state index contributed by atoms with van der Waals surface area (Å²) in [6, 6.07) is 12.1. The highest BCUT2D eigenvalue weighted by atomic mass is 32.2. The van der Waals surface area contributed by atoms with E-state index < -0.39 is 45.6 Å². The summed E-state index contributed by atoms with van der Waals surface area (Å²) in [5.41, 5.74) is 0.221. The van der Waals surface area contributed by atoms with Crippen molar-refractivity contribution in [3.63, 3.8) is 0 Å². The normalized spacial score (nSPS) is 12.1. The van der Waals surface area contributed by atoms with Gasteiger partial charge in [-0.15, -0.1) is 11.3 Å². The van der Waals surface area contributed by atoms with Gasteiger partial charge in [-0.2, -0.15) is 8.42 Å². The molecule has 0 saturated heterocycles. The van der Waals surface area contributed by atoms with Gasteiger partial charge in [-0.25, -0.2) is 22.7 Å². The molecule has 1 heterocycles. The van der Waals surface area contributed by atoms with Crippen molar-refractivity contribution in [1.29, 1.82) is 0 Å². The maximum absolute atomic E-state index is 14.1. The van der Waals surface area contributed by atoms with E-state index in [-0.39, 0.29) is 17.7 Å². The van der Waals surface area contributed by atoms with E-state index >= 15 is 0 Å². The Morgan fingerprint density at radius 2 is 1.64 bits per heavy atom. The van der Waals surface area contributed by atoms with E-state index in [1.165, 1.54) is 41.5 Å². The summed E-state index contributed by atoms with van der Waals surface area (Å²) in [4.78, 5) is 27.5. The van der Waals surface area contributed by atoms with Gasteiger partial charge < -0.3 is 10.2 Å². The number of nitrogens with one attached hydrogen (secondary N) is 2. The van der Waals surface area contributed by atoms with Crippen LogP contribution in [-0.2, 0) is 21.4 Å². The van der Waals surface area contributed by atoms with Crippen molar-refractivity contribution >= 4 is 54.9 Å². The third kappa shape index (κ3) is 6.49. The lowest BCUT2D eigenvalue weighted by Crippen LogP contribution is -2.54. The first-order valence-corrected chi connectivity index (χ1v) is 13.8. The van der Waals surface area contributed by atoms with E-state index in [2.05, 4.69) is 5.32 Å². The van der Waals surface area contributed by atoms with Crippen LogP contribution in [0.15, 0.2) is 72.1 Å². The molecule has 4 rings (SSSR count). The fourth-order valence-electron chi connectivity index (χ4n) is 3.90. The number of urea groups is 1. The lowest BCUT2D eigenvalue weighted by molar-refractivity contribution is -0.120. The third-order valence-corrected chi connectivity index (χ3v) is 8.15. The Morgan fingerprint density at radius 1 is 0.949 bits per heavy atom. The molecule has 1 atom stereocenters. The first-order valence-electron chi connectivity index (χ1n) is 11.5. The zero-order valence-corrected chi connectivity index (χ0v) is 22.3. The molecule has 0 unspecified atom stereocenters. The molecular weight excluding hydrogens is 553 g/mol. The number of fused-ring (bicyclic) bond motifs is 1. The van der Waals surface area contributed by atoms with Gasteiger partial charge in [-0.3, -0.25) is 9.10 Å². The third-order valence-electron chi connectivity index (χ3n) is 5.89. The molecule has 204 valence electrons. The first-order chi connectivity index (χ1) is 18.4. The van der Waals surface area contributed by atoms with Crippen LogP contribution < -0.4 is 19.2 Å². The Morgan fingerprint density at radius 3 is 2.33 bits per heavy atom. The SMILES string of the molecule is CN(C(=O)[C@H](Cc1cc(F)cc(F)c1)NC(=O)NS(=O)(=O)N(C)c1ccccc1F)c1ccc2sccc2c1. The van der Waals surface area contributed by atoms with Gasteiger partial charge in [0.05, 0.1) is 5.69 Å². The molecule has 39 heavy (non-hydrogen) atoms. The predicted octanol–water partition coefficient (Wildman–Crippen LogP) is 4.57. The van der Waals surface area contributed by atoms with Gasteiger partial charge in [0.25, 0.3) is 0 Å². The average Bonchev–Trinajstić information content (AvgIpc) is 3.34. The molecular formula is C26H23F3N4O4S2. The number of hydrogen-bond donors (Lipinski definition) is 2. The fraction of sp³-hybridized carbons (Fsp3) is 0.154. The van der Waals surface area contributed by atoms with Gasteiger partial charge in [0, 0.05) is 37.0 Å². The summed E-state index contributed by atoms with van der Waals surface area (Å²) < 4.78 is 70.5. The number of amides is 3. The fourth-order valence-corrected chi connectivity index (χ4v) is 5.51. The van der Waals surface area contributed by atoms with Crippen LogP contribution in [-0.4, -0.2) is 40.5 Å². The van der Waals surface area contributed by atoms with Crippen LogP contribution in [0.4, 0.5) is 29.3 Å². The maximum atomic E-state index is 14.1. The van der Waals surface area contributed by atoms with Gasteiger partial charge in [-0.05, 0) is 64.9 Å². The van der Waals surface area contributed by atoms with Gasteiger partial charge in [0.2, 0.25) is 5.91 Å². The molecule has 13 heteroatoms. The number of nitrogens with zero attached hydrogens (tertiary/aromatic N) is 2. The van der Waals surface area contributed by atoms with Crippen molar-refractivity contribution in [2.75, 3.05) is 23.3 Å². The Labute approximate surface area is 226 Å². The average molecular weight is 577 g/mol. The monoisotopic (exact) mass is 576 g/mol. The Kier molecular flexibility index (Phi) is 8.11. The smallest absolute Gasteiger partial charge is 0.325 e. The molecule has 0 radical (unpaired) electrons. The quantitative estimate of drug-likeness (QED) is 0.321. The second-order valence-corrected chi connectivity index (χ2v) is 11.2. The predicted molar refractivity (Wildman–Crippen MR) is 144 cm³/mol. The number of carbonyl (C=O) groups excluding carboxylic acids is 2. The number of hydrogen-bond acceptors (Lipinski definition) is 5. The van der Waals surface area contributed by atoms with Crippen LogP contribution in [0, 0.1) is 17.5 Å². The van der Waals surface area contributed by atoms with E-state index in [0.29, 0.717) is 16.1 Å². The summed E-state index contributed by atoms with van der Waals surface area (Å²) in [5, 5.41) is 5.05. The molecule has 0 spiro atoms. The number of likely N-dealkylation sites (N-methyl/N-ethyl adjacent to an activating group) is 1. The number of carbonyl (C=O) groups is 2. The number of para-hydroxylation sites is 1. The van der Waals surface area contributed by atoms with E-state index in [9.17, 15) is 31.2 Å². The standard InChI is InChI=1S/C26H23F3N4O4S2/c1-32(20-7-8-24-17(14-20)9-10-38-24)25(34)22(13-16-11-18(27)15-19(28)12-16)30-26(35)31-39(36,37)33(2)23-6-4-3-5-21(23)29/h3-12,14-15,22H,13H2,1-2H3,(H2,30,31,35)/t22-/m0/s1.